The van der Waals surface area contributed by atoms with Crippen LogP contribution in [-0.2, 0) is 0 Å². The van der Waals surface area contributed by atoms with Crippen LogP contribution in [0.15, 0.2) is 22.7 Å². The Morgan fingerprint density at radius 1 is 1.20 bits per heavy atom. The van der Waals surface area contributed by atoms with Crippen LogP contribution in [0.2, 0.25) is 0 Å². The average molecular weight is 278 g/mol. The molecule has 2 atom stereocenters. The van der Waals surface area contributed by atoms with Crippen molar-refractivity contribution in [3.05, 3.63) is 35.5 Å². The van der Waals surface area contributed by atoms with Crippen LogP contribution >= 0.6 is 0 Å². The van der Waals surface area contributed by atoms with Gasteiger partial charge in [-0.3, -0.25) is 0 Å². The molecule has 1 N–H and O–H groups in total. The van der Waals surface area contributed by atoms with E-state index in [2.05, 4.69) is 10.1 Å². The molecule has 0 spiro atoms. The molecule has 0 aliphatic carbocycles. The van der Waals surface area contributed by atoms with E-state index in [-0.39, 0.29) is 17.7 Å². The number of hydrogen-bond acceptors (Lipinski definition) is 4. The van der Waals surface area contributed by atoms with Gasteiger partial charge in [0, 0.05) is 5.56 Å². The summed E-state index contributed by atoms with van der Waals surface area (Å²) in [5.41, 5.74) is 1.37. The summed E-state index contributed by atoms with van der Waals surface area (Å²) in [5, 5.41) is 13.7. The third-order valence-corrected chi connectivity index (χ3v) is 3.27. The molecule has 1 heterocycles. The Morgan fingerprint density at radius 3 is 2.45 bits per heavy atom. The predicted octanol–water partition coefficient (Wildman–Crippen LogP) is 3.30. The van der Waals surface area contributed by atoms with E-state index in [9.17, 15) is 9.50 Å². The maximum absolute atomic E-state index is 13.4. The molecular formula is C15H19FN2O2. The SMILES string of the molecule is Cc1cc(F)cc(-c2noc(C(C(C)C)C(C)O)n2)c1. The van der Waals surface area contributed by atoms with Gasteiger partial charge in [-0.1, -0.05) is 19.0 Å². The summed E-state index contributed by atoms with van der Waals surface area (Å²) in [6.07, 6.45) is -0.586. The standard InChI is InChI=1S/C15H19FN2O2/c1-8(2)13(10(4)19)15-17-14(18-20-15)11-5-9(3)6-12(16)7-11/h5-8,10,13,19H,1-4H3. The van der Waals surface area contributed by atoms with Crippen molar-refractivity contribution in [2.45, 2.75) is 39.7 Å². The molecule has 0 saturated carbocycles. The van der Waals surface area contributed by atoms with Crippen molar-refractivity contribution in [3.63, 3.8) is 0 Å². The summed E-state index contributed by atoms with van der Waals surface area (Å²) < 4.78 is 18.6. The second-order valence-corrected chi connectivity index (χ2v) is 5.48. The van der Waals surface area contributed by atoms with Crippen molar-refractivity contribution in [1.82, 2.24) is 10.1 Å². The van der Waals surface area contributed by atoms with Crippen molar-refractivity contribution in [2.75, 3.05) is 0 Å². The third-order valence-electron chi connectivity index (χ3n) is 3.27. The molecule has 108 valence electrons. The Morgan fingerprint density at radius 2 is 1.90 bits per heavy atom. The van der Waals surface area contributed by atoms with Crippen molar-refractivity contribution in [3.8, 4) is 11.4 Å². The molecule has 0 radical (unpaired) electrons. The van der Waals surface area contributed by atoms with E-state index in [0.29, 0.717) is 17.3 Å². The fourth-order valence-corrected chi connectivity index (χ4v) is 2.40. The van der Waals surface area contributed by atoms with Gasteiger partial charge < -0.3 is 9.63 Å². The normalized spacial score (nSPS) is 14.6. The fourth-order valence-electron chi connectivity index (χ4n) is 2.40. The lowest BCUT2D eigenvalue weighted by atomic mass is 9.91. The lowest BCUT2D eigenvalue weighted by molar-refractivity contribution is 0.120. The van der Waals surface area contributed by atoms with Gasteiger partial charge in [0.1, 0.15) is 5.82 Å². The van der Waals surface area contributed by atoms with Gasteiger partial charge in [-0.05, 0) is 43.5 Å². The zero-order chi connectivity index (χ0) is 14.9. The molecule has 0 amide bonds. The monoisotopic (exact) mass is 278 g/mol. The first-order valence-electron chi connectivity index (χ1n) is 6.67. The second kappa shape index (κ2) is 5.71. The molecule has 1 aromatic carbocycles. The Labute approximate surface area is 117 Å². The molecular weight excluding hydrogens is 259 g/mol. The summed E-state index contributed by atoms with van der Waals surface area (Å²) in [5.74, 6) is 0.326. The lowest BCUT2D eigenvalue weighted by Gasteiger charge is -2.19. The Hall–Kier alpha value is -1.75. The van der Waals surface area contributed by atoms with Gasteiger partial charge in [-0.2, -0.15) is 4.98 Å². The second-order valence-electron chi connectivity index (χ2n) is 5.48. The summed E-state index contributed by atoms with van der Waals surface area (Å²) in [4.78, 5) is 4.30. The first-order chi connectivity index (χ1) is 9.38. The number of aliphatic hydroxyl groups excluding tert-OH is 1. The Bertz CT molecular complexity index is 565. The highest BCUT2D eigenvalue weighted by molar-refractivity contribution is 5.55. The van der Waals surface area contributed by atoms with E-state index >= 15 is 0 Å². The topological polar surface area (TPSA) is 59.2 Å². The quantitative estimate of drug-likeness (QED) is 0.932. The van der Waals surface area contributed by atoms with Crippen molar-refractivity contribution in [1.29, 1.82) is 0 Å². The van der Waals surface area contributed by atoms with Gasteiger partial charge in [-0.15, -0.1) is 0 Å². The Kier molecular flexibility index (Phi) is 4.18. The van der Waals surface area contributed by atoms with E-state index in [0.717, 1.165) is 5.56 Å². The van der Waals surface area contributed by atoms with Gasteiger partial charge in [0.15, 0.2) is 0 Å². The summed E-state index contributed by atoms with van der Waals surface area (Å²) in [6.45, 7) is 7.46. The number of halogens is 1. The summed E-state index contributed by atoms with van der Waals surface area (Å²) >= 11 is 0. The van der Waals surface area contributed by atoms with Gasteiger partial charge >= 0.3 is 0 Å². The molecule has 0 fully saturated rings. The number of aryl methyl sites for hydroxylation is 1. The summed E-state index contributed by atoms with van der Waals surface area (Å²) in [7, 11) is 0. The first-order valence-corrected chi connectivity index (χ1v) is 6.67. The van der Waals surface area contributed by atoms with E-state index in [1.165, 1.54) is 12.1 Å². The minimum absolute atomic E-state index is 0.164. The summed E-state index contributed by atoms with van der Waals surface area (Å²) in [6, 6.07) is 4.61. The van der Waals surface area contributed by atoms with Crippen LogP contribution in [-0.4, -0.2) is 21.4 Å². The number of nitrogens with zero attached hydrogens (tertiary/aromatic N) is 2. The van der Waals surface area contributed by atoms with Crippen LogP contribution in [0, 0.1) is 18.7 Å². The zero-order valence-corrected chi connectivity index (χ0v) is 12.1. The van der Waals surface area contributed by atoms with Gasteiger partial charge in [-0.25, -0.2) is 4.39 Å². The third kappa shape index (κ3) is 3.04. The van der Waals surface area contributed by atoms with Crippen molar-refractivity contribution >= 4 is 0 Å². The number of aromatic nitrogens is 2. The molecule has 2 unspecified atom stereocenters. The van der Waals surface area contributed by atoms with Crippen molar-refractivity contribution in [2.24, 2.45) is 5.92 Å². The highest BCUT2D eigenvalue weighted by atomic mass is 19.1. The van der Waals surface area contributed by atoms with Gasteiger partial charge in [0.05, 0.1) is 12.0 Å². The molecule has 0 aliphatic heterocycles. The van der Waals surface area contributed by atoms with Crippen LogP contribution in [0.3, 0.4) is 0 Å². The van der Waals surface area contributed by atoms with Crippen LogP contribution in [0.4, 0.5) is 4.39 Å². The average Bonchev–Trinajstić information content (AvgIpc) is 2.75. The van der Waals surface area contributed by atoms with Crippen LogP contribution in [0.5, 0.6) is 0 Å². The molecule has 0 bridgehead atoms. The van der Waals surface area contributed by atoms with Crippen LogP contribution < -0.4 is 0 Å². The number of aliphatic hydroxyl groups is 1. The molecule has 2 rings (SSSR count). The highest BCUT2D eigenvalue weighted by Crippen LogP contribution is 2.28. The fraction of sp³-hybridized carbons (Fsp3) is 0.467. The van der Waals surface area contributed by atoms with E-state index < -0.39 is 6.10 Å². The van der Waals surface area contributed by atoms with Crippen LogP contribution in [0.1, 0.15) is 38.1 Å². The lowest BCUT2D eigenvalue weighted by Crippen LogP contribution is -2.20. The Balaban J connectivity index is 2.37. The number of rotatable bonds is 4. The van der Waals surface area contributed by atoms with E-state index in [1.54, 1.807) is 19.9 Å². The molecule has 0 aliphatic rings. The predicted molar refractivity (Wildman–Crippen MR) is 73.7 cm³/mol. The number of hydrogen-bond donors (Lipinski definition) is 1. The highest BCUT2D eigenvalue weighted by Gasteiger charge is 2.27. The molecule has 4 nitrogen and oxygen atoms in total. The smallest absolute Gasteiger partial charge is 0.232 e. The minimum Gasteiger partial charge on any atom is -0.393 e. The largest absolute Gasteiger partial charge is 0.393 e. The van der Waals surface area contributed by atoms with Gasteiger partial charge in [0.2, 0.25) is 11.7 Å². The minimum atomic E-state index is -0.586. The van der Waals surface area contributed by atoms with E-state index in [1.807, 2.05) is 13.8 Å². The molecule has 20 heavy (non-hydrogen) atoms. The maximum atomic E-state index is 13.4. The maximum Gasteiger partial charge on any atom is 0.232 e. The van der Waals surface area contributed by atoms with Crippen LogP contribution in [0.25, 0.3) is 11.4 Å². The number of benzene rings is 1. The van der Waals surface area contributed by atoms with E-state index in [4.69, 9.17) is 4.52 Å². The van der Waals surface area contributed by atoms with Gasteiger partial charge in [0.25, 0.3) is 0 Å². The zero-order valence-electron chi connectivity index (χ0n) is 12.1. The molecule has 5 heteroatoms. The molecule has 2 aromatic rings. The first kappa shape index (κ1) is 14.7. The molecule has 1 aromatic heterocycles. The van der Waals surface area contributed by atoms with Crippen molar-refractivity contribution < 1.29 is 14.0 Å². The molecule has 0 saturated heterocycles.